The third kappa shape index (κ3) is 31.5. The molecule has 0 saturated carbocycles. The maximum absolute atomic E-state index is 14.2. The van der Waals surface area contributed by atoms with Crippen LogP contribution in [0.2, 0.25) is 0 Å². The maximum atomic E-state index is 14.2. The van der Waals surface area contributed by atoms with Gasteiger partial charge in [0.1, 0.15) is 60.1 Å². The van der Waals surface area contributed by atoms with Gasteiger partial charge >= 0.3 is 11.9 Å². The predicted octanol–water partition coefficient (Wildman–Crippen LogP) is -8.54. The van der Waals surface area contributed by atoms with E-state index < -0.39 is 170 Å². The summed E-state index contributed by atoms with van der Waals surface area (Å²) < 4.78 is 0. The molecule has 0 aliphatic heterocycles. The lowest BCUT2D eigenvalue weighted by Crippen LogP contribution is -2.62. The van der Waals surface area contributed by atoms with Gasteiger partial charge in [-0.3, -0.25) is 62.7 Å². The fraction of sp³-hybridized carbons (Fsp3) is 0.623. The molecule has 0 aromatic heterocycles. The Balaban J connectivity index is 3.50. The summed E-state index contributed by atoms with van der Waals surface area (Å²) in [6, 6.07) is -9.96. The monoisotopic (exact) mass is 1270 g/mol. The molecule has 0 unspecified atom stereocenters. The minimum Gasteiger partial charge on any atom is -0.508 e. The van der Waals surface area contributed by atoms with E-state index in [0.717, 1.165) is 0 Å². The number of unbranched alkanes of at least 4 members (excludes halogenated alkanes) is 2. The highest BCUT2D eigenvalue weighted by Crippen LogP contribution is 2.13. The standard InChI is InChI=1S/C53H91N19O17/c1-27(2)41(50(87)68-35(17-18-39(57)76)47(84)65-32(10-4-6-20-55)44(81)69-36(51(88)89)24-40(77)78)72-49(86)38(26-74)71-46(83)34(12-8-22-63-53(60)61)66-43(80)31(9-3-5-19-54)67-48(85)37(25-73)70-45(82)33(11-7-21-62-52(58)59)64-42(79)30(56)23-28-13-15-29(75)16-14-28/h13-16,27,30-38,41,73-75H,3-12,17-26,54-56H2,1-2H3,(H2,57,76)(H,64,79)(H,65,84)(H,66,80)(H,67,85)(H,68,87)(H,69,81)(H,70,82)(H,71,83)(H,72,86)(H,77,78)(H,88,89)(H4,58,59,62)(H4,60,61,63)/t30-,31+,32+,33+,34+,35+,36+,37+,38+,41+/m1/s1. The van der Waals surface area contributed by atoms with Crippen molar-refractivity contribution in [2.24, 2.45) is 61.8 Å². The molecule has 0 bridgehead atoms. The number of carbonyl (C=O) groups is 12. The van der Waals surface area contributed by atoms with Gasteiger partial charge in [-0.2, -0.15) is 0 Å². The molecular formula is C53H91N19O17. The zero-order valence-electron chi connectivity index (χ0n) is 50.0. The smallest absolute Gasteiger partial charge is 0.326 e. The number of carboxylic acids is 2. The number of primary amides is 1. The third-order valence-electron chi connectivity index (χ3n) is 13.2. The van der Waals surface area contributed by atoms with Crippen molar-refractivity contribution < 1.29 is 83.1 Å². The summed E-state index contributed by atoms with van der Waals surface area (Å²) in [5, 5.41) is 70.6. The average Bonchev–Trinajstić information content (AvgIpc) is 3.17. The molecule has 36 heteroatoms. The lowest BCUT2D eigenvalue weighted by Gasteiger charge is -2.29. The highest BCUT2D eigenvalue weighted by molar-refractivity contribution is 5.99. The van der Waals surface area contributed by atoms with Crippen LogP contribution in [0.4, 0.5) is 0 Å². The molecule has 1 rings (SSSR count). The van der Waals surface area contributed by atoms with E-state index in [2.05, 4.69) is 57.8 Å². The van der Waals surface area contributed by atoms with Crippen molar-refractivity contribution in [2.45, 2.75) is 164 Å². The molecule has 10 amide bonds. The Hall–Kier alpha value is -9.00. The van der Waals surface area contributed by atoms with Crippen LogP contribution < -0.4 is 93.7 Å². The number of phenolic OH excluding ortho intramolecular Hbond substituents is 1. The zero-order valence-corrected chi connectivity index (χ0v) is 50.0. The van der Waals surface area contributed by atoms with Crippen molar-refractivity contribution >= 4 is 82.9 Å². The number of benzene rings is 1. The number of carbonyl (C=O) groups excluding carboxylic acids is 10. The first-order valence-electron chi connectivity index (χ1n) is 28.7. The number of nitrogens with one attached hydrogen (secondary N) is 9. The van der Waals surface area contributed by atoms with Crippen molar-refractivity contribution in [1.29, 1.82) is 0 Å². The molecule has 500 valence electrons. The van der Waals surface area contributed by atoms with Gasteiger partial charge in [0, 0.05) is 19.5 Å². The quantitative estimate of drug-likeness (QED) is 0.0164. The van der Waals surface area contributed by atoms with E-state index in [-0.39, 0.29) is 102 Å². The number of aliphatic carboxylic acids is 2. The zero-order chi connectivity index (χ0) is 67.3. The van der Waals surface area contributed by atoms with Crippen LogP contribution in [0.3, 0.4) is 0 Å². The number of phenols is 1. The highest BCUT2D eigenvalue weighted by atomic mass is 16.4. The Bertz CT molecular complexity index is 2570. The summed E-state index contributed by atoms with van der Waals surface area (Å²) in [4.78, 5) is 167. The van der Waals surface area contributed by atoms with Crippen LogP contribution in [0.25, 0.3) is 0 Å². The van der Waals surface area contributed by atoms with E-state index in [4.69, 9.17) is 45.9 Å². The van der Waals surface area contributed by atoms with Gasteiger partial charge in [0.2, 0.25) is 59.1 Å². The van der Waals surface area contributed by atoms with Crippen molar-refractivity contribution in [2.75, 3.05) is 39.4 Å². The Morgan fingerprint density at radius 1 is 0.461 bits per heavy atom. The van der Waals surface area contributed by atoms with Crippen molar-refractivity contribution in [3.05, 3.63) is 29.8 Å². The van der Waals surface area contributed by atoms with Crippen LogP contribution in [0.1, 0.15) is 103 Å². The van der Waals surface area contributed by atoms with Gasteiger partial charge in [0.25, 0.3) is 0 Å². The van der Waals surface area contributed by atoms with Gasteiger partial charge in [-0.25, -0.2) is 4.79 Å². The number of hydrogen-bond acceptors (Lipinski definition) is 20. The summed E-state index contributed by atoms with van der Waals surface area (Å²) in [5.74, 6) is -14.8. The van der Waals surface area contributed by atoms with E-state index in [1.165, 1.54) is 26.0 Å². The van der Waals surface area contributed by atoms with Gasteiger partial charge in [-0.05, 0) is 114 Å². The van der Waals surface area contributed by atoms with E-state index in [1.807, 2.05) is 0 Å². The number of amides is 10. The molecule has 10 atom stereocenters. The first-order chi connectivity index (χ1) is 42.0. The van der Waals surface area contributed by atoms with Gasteiger partial charge in [-0.15, -0.1) is 0 Å². The van der Waals surface area contributed by atoms with Gasteiger partial charge in [0.05, 0.1) is 25.7 Å². The summed E-state index contributed by atoms with van der Waals surface area (Å²) in [6.45, 7) is 1.08. The number of hydrogen-bond donors (Lipinski definition) is 22. The molecule has 0 radical (unpaired) electrons. The Labute approximate surface area is 513 Å². The normalized spacial score (nSPS) is 14.3. The summed E-state index contributed by atoms with van der Waals surface area (Å²) in [6.07, 6.45) is -1.32. The molecule has 1 aromatic carbocycles. The molecule has 36 nitrogen and oxygen atoms in total. The fourth-order valence-electron chi connectivity index (χ4n) is 8.33. The molecule has 0 aliphatic rings. The summed E-state index contributed by atoms with van der Waals surface area (Å²) >= 11 is 0. The Morgan fingerprint density at radius 2 is 0.809 bits per heavy atom. The molecule has 30 N–H and O–H groups in total. The van der Waals surface area contributed by atoms with Crippen LogP contribution in [0, 0.1) is 5.92 Å². The molecule has 0 heterocycles. The van der Waals surface area contributed by atoms with Gasteiger partial charge in [0.15, 0.2) is 11.9 Å². The van der Waals surface area contributed by atoms with Crippen LogP contribution in [0.5, 0.6) is 5.75 Å². The van der Waals surface area contributed by atoms with E-state index in [1.54, 1.807) is 12.1 Å². The maximum Gasteiger partial charge on any atom is 0.326 e. The minimum absolute atomic E-state index is 0.00143. The van der Waals surface area contributed by atoms with Gasteiger partial charge in [-0.1, -0.05) is 26.0 Å². The largest absolute Gasteiger partial charge is 0.508 e. The first kappa shape index (κ1) is 78.0. The lowest BCUT2D eigenvalue weighted by molar-refractivity contribution is -0.147. The number of rotatable bonds is 45. The van der Waals surface area contributed by atoms with Crippen LogP contribution in [-0.4, -0.2) is 208 Å². The van der Waals surface area contributed by atoms with Gasteiger partial charge < -0.3 is 119 Å². The first-order valence-corrected chi connectivity index (χ1v) is 28.7. The highest BCUT2D eigenvalue weighted by Gasteiger charge is 2.36. The van der Waals surface area contributed by atoms with Crippen molar-refractivity contribution in [3.8, 4) is 5.75 Å². The Kier molecular flexibility index (Phi) is 36.8. The summed E-state index contributed by atoms with van der Waals surface area (Å²) in [7, 11) is 0. The second-order valence-corrected chi connectivity index (χ2v) is 21.0. The number of aliphatic hydroxyl groups excluding tert-OH is 2. The number of aliphatic imine (C=N–C) groups is 2. The molecule has 89 heavy (non-hydrogen) atoms. The second-order valence-electron chi connectivity index (χ2n) is 21.0. The van der Waals surface area contributed by atoms with Crippen LogP contribution >= 0.6 is 0 Å². The SMILES string of the molecule is CC(C)[C@H](NC(=O)[C@H](CO)NC(=O)[C@H](CCCN=C(N)N)NC(=O)[C@H](CCCCN)NC(=O)[C@H](CO)NC(=O)[C@H](CCCN=C(N)N)NC(=O)[C@H](N)Cc1ccc(O)cc1)C(=O)N[C@@H](CCC(N)=O)C(=O)N[C@@H](CCCCN)C(=O)N[C@@H](CC(=O)O)C(=O)O. The topological polar surface area (TPSA) is 647 Å². The Morgan fingerprint density at radius 3 is 1.17 bits per heavy atom. The van der Waals surface area contributed by atoms with E-state index in [0.29, 0.717) is 18.4 Å². The van der Waals surface area contributed by atoms with E-state index in [9.17, 15) is 83.1 Å². The van der Waals surface area contributed by atoms with Crippen molar-refractivity contribution in [1.82, 2.24) is 47.9 Å². The molecule has 0 aliphatic carbocycles. The number of guanidine groups is 2. The van der Waals surface area contributed by atoms with E-state index >= 15 is 0 Å². The minimum atomic E-state index is -1.90. The number of nitrogens with zero attached hydrogens (tertiary/aromatic N) is 2. The third-order valence-corrected chi connectivity index (χ3v) is 13.2. The molecular weight excluding hydrogens is 1170 g/mol. The molecule has 0 saturated heterocycles. The number of aliphatic hydroxyl groups is 2. The summed E-state index contributed by atoms with van der Waals surface area (Å²) in [5.41, 5.74) is 45.2. The second kappa shape index (κ2) is 42.0. The molecule has 0 fully saturated rings. The number of nitrogens with two attached hydrogens (primary N) is 8. The average molecular weight is 1270 g/mol. The molecule has 1 aromatic rings. The fourth-order valence-corrected chi connectivity index (χ4v) is 8.33. The predicted molar refractivity (Wildman–Crippen MR) is 320 cm³/mol. The number of aromatic hydroxyl groups is 1. The lowest BCUT2D eigenvalue weighted by atomic mass is 10.0. The van der Waals surface area contributed by atoms with Crippen LogP contribution in [0.15, 0.2) is 34.3 Å². The van der Waals surface area contributed by atoms with Crippen molar-refractivity contribution in [3.63, 3.8) is 0 Å². The number of carboxylic acid groups (broad SMARTS) is 2. The van der Waals surface area contributed by atoms with Crippen LogP contribution in [-0.2, 0) is 64.0 Å². The molecule has 0 spiro atoms.